The lowest BCUT2D eigenvalue weighted by Crippen LogP contribution is -2.18. The number of aromatic nitrogens is 1. The zero-order valence-electron chi connectivity index (χ0n) is 12.3. The largest absolute Gasteiger partial charge is 0.464 e. The molecule has 0 saturated heterocycles. The first-order chi connectivity index (χ1) is 10.2. The van der Waals surface area contributed by atoms with Gasteiger partial charge in [0.25, 0.3) is 0 Å². The molecule has 0 aliphatic heterocycles. The van der Waals surface area contributed by atoms with Gasteiger partial charge in [0.15, 0.2) is 0 Å². The van der Waals surface area contributed by atoms with Gasteiger partial charge in [0.05, 0.1) is 12.1 Å². The van der Waals surface area contributed by atoms with Crippen molar-refractivity contribution in [2.75, 3.05) is 11.9 Å². The van der Waals surface area contributed by atoms with Gasteiger partial charge in [0.1, 0.15) is 17.3 Å². The van der Waals surface area contributed by atoms with Crippen LogP contribution >= 0.6 is 0 Å². The first-order valence-electron chi connectivity index (χ1n) is 7.02. The van der Waals surface area contributed by atoms with Crippen LogP contribution in [0.25, 0.3) is 10.9 Å². The predicted molar refractivity (Wildman–Crippen MR) is 85.2 cm³/mol. The van der Waals surface area contributed by atoms with E-state index in [1.807, 2.05) is 44.3 Å². The number of para-hydroxylation sites is 1. The van der Waals surface area contributed by atoms with Gasteiger partial charge in [-0.1, -0.05) is 18.2 Å². The van der Waals surface area contributed by atoms with Crippen molar-refractivity contribution in [3.8, 4) is 0 Å². The maximum atomic E-state index is 5.88. The third-order valence-electron chi connectivity index (χ3n) is 3.59. The molecule has 4 nitrogen and oxygen atoms in total. The molecular weight excluding hydrogens is 262 g/mol. The maximum Gasteiger partial charge on any atom is 0.129 e. The maximum absolute atomic E-state index is 5.88. The number of nitrogens with two attached hydrogens (primary N) is 1. The topological polar surface area (TPSA) is 55.3 Å². The van der Waals surface area contributed by atoms with E-state index >= 15 is 0 Å². The van der Waals surface area contributed by atoms with E-state index in [0.717, 1.165) is 33.8 Å². The monoisotopic (exact) mass is 281 g/mol. The van der Waals surface area contributed by atoms with E-state index in [1.54, 1.807) is 0 Å². The van der Waals surface area contributed by atoms with Gasteiger partial charge in [-0.15, -0.1) is 0 Å². The van der Waals surface area contributed by atoms with Crippen molar-refractivity contribution in [2.45, 2.75) is 20.0 Å². The van der Waals surface area contributed by atoms with Crippen LogP contribution in [0.15, 0.2) is 46.9 Å². The van der Waals surface area contributed by atoms with Crippen molar-refractivity contribution in [1.29, 1.82) is 0 Å². The zero-order chi connectivity index (χ0) is 14.8. The standard InChI is InChI=1S/C17H19N3O/c1-12-7-8-14(21-12)11-20(2)17-9-13(10-18)15-5-3-4-6-16(15)19-17/h3-9H,10-11,18H2,1-2H3. The molecule has 0 bridgehead atoms. The number of benzene rings is 1. The Morgan fingerprint density at radius 2 is 2.00 bits per heavy atom. The molecule has 0 fully saturated rings. The molecule has 1 aromatic carbocycles. The minimum absolute atomic E-state index is 0.504. The molecule has 0 radical (unpaired) electrons. The summed E-state index contributed by atoms with van der Waals surface area (Å²) in [6.07, 6.45) is 0. The van der Waals surface area contributed by atoms with Gasteiger partial charge in [0.2, 0.25) is 0 Å². The molecule has 0 saturated carbocycles. The zero-order valence-corrected chi connectivity index (χ0v) is 12.3. The molecule has 0 aliphatic rings. The highest BCUT2D eigenvalue weighted by Gasteiger charge is 2.10. The molecule has 4 heteroatoms. The summed E-state index contributed by atoms with van der Waals surface area (Å²) < 4.78 is 5.63. The van der Waals surface area contributed by atoms with Gasteiger partial charge < -0.3 is 15.1 Å². The molecule has 3 rings (SSSR count). The van der Waals surface area contributed by atoms with Gasteiger partial charge in [-0.25, -0.2) is 4.98 Å². The quantitative estimate of drug-likeness (QED) is 0.797. The minimum atomic E-state index is 0.504. The molecular formula is C17H19N3O. The van der Waals surface area contributed by atoms with Crippen molar-refractivity contribution in [2.24, 2.45) is 5.73 Å². The second kappa shape index (κ2) is 5.58. The fourth-order valence-corrected chi connectivity index (χ4v) is 2.48. The van der Waals surface area contributed by atoms with Crippen molar-refractivity contribution in [3.63, 3.8) is 0 Å². The van der Waals surface area contributed by atoms with Crippen molar-refractivity contribution in [3.05, 3.63) is 59.5 Å². The Bertz CT molecular complexity index is 764. The van der Waals surface area contributed by atoms with E-state index in [0.29, 0.717) is 13.1 Å². The average Bonchev–Trinajstić information content (AvgIpc) is 2.91. The number of hydrogen-bond donors (Lipinski definition) is 1. The number of furan rings is 1. The Morgan fingerprint density at radius 3 is 2.71 bits per heavy atom. The van der Waals surface area contributed by atoms with Gasteiger partial charge in [-0.05, 0) is 36.8 Å². The van der Waals surface area contributed by atoms with E-state index in [4.69, 9.17) is 15.1 Å². The van der Waals surface area contributed by atoms with Crippen LogP contribution in [0.3, 0.4) is 0 Å². The summed E-state index contributed by atoms with van der Waals surface area (Å²) >= 11 is 0. The predicted octanol–water partition coefficient (Wildman–Crippen LogP) is 3.23. The molecule has 2 N–H and O–H groups in total. The number of rotatable bonds is 4. The van der Waals surface area contributed by atoms with Crippen LogP contribution in [0.4, 0.5) is 5.82 Å². The fraction of sp³-hybridized carbons (Fsp3) is 0.235. The van der Waals surface area contributed by atoms with Gasteiger partial charge in [-0.3, -0.25) is 0 Å². The van der Waals surface area contributed by atoms with Crippen molar-refractivity contribution in [1.82, 2.24) is 4.98 Å². The second-order valence-electron chi connectivity index (χ2n) is 5.23. The Kier molecular flexibility index (Phi) is 3.62. The highest BCUT2D eigenvalue weighted by atomic mass is 16.3. The van der Waals surface area contributed by atoms with Crippen LogP contribution in [-0.4, -0.2) is 12.0 Å². The normalized spacial score (nSPS) is 11.0. The fourth-order valence-electron chi connectivity index (χ4n) is 2.48. The van der Waals surface area contributed by atoms with Crippen LogP contribution < -0.4 is 10.6 Å². The number of fused-ring (bicyclic) bond motifs is 1. The molecule has 0 spiro atoms. The van der Waals surface area contributed by atoms with Gasteiger partial charge in [-0.2, -0.15) is 0 Å². The number of nitrogens with zero attached hydrogens (tertiary/aromatic N) is 2. The van der Waals surface area contributed by atoms with Crippen molar-refractivity contribution >= 4 is 16.7 Å². The van der Waals surface area contributed by atoms with Crippen LogP contribution in [0.5, 0.6) is 0 Å². The summed E-state index contributed by atoms with van der Waals surface area (Å²) in [6, 6.07) is 14.1. The summed E-state index contributed by atoms with van der Waals surface area (Å²) in [5, 5.41) is 1.12. The third-order valence-corrected chi connectivity index (χ3v) is 3.59. The number of anilines is 1. The van der Waals surface area contributed by atoms with Gasteiger partial charge in [0, 0.05) is 19.0 Å². The van der Waals surface area contributed by atoms with Crippen LogP contribution in [0.1, 0.15) is 17.1 Å². The number of aryl methyl sites for hydroxylation is 1. The average molecular weight is 281 g/mol. The Morgan fingerprint density at radius 1 is 1.19 bits per heavy atom. The molecule has 0 amide bonds. The van der Waals surface area contributed by atoms with E-state index in [1.165, 1.54) is 0 Å². The van der Waals surface area contributed by atoms with E-state index in [-0.39, 0.29) is 0 Å². The molecule has 108 valence electrons. The summed E-state index contributed by atoms with van der Waals surface area (Å²) in [6.45, 7) is 3.14. The molecule has 2 aromatic heterocycles. The SMILES string of the molecule is Cc1ccc(CN(C)c2cc(CN)c3ccccc3n2)o1. The Labute approximate surface area is 124 Å². The first kappa shape index (κ1) is 13.6. The smallest absolute Gasteiger partial charge is 0.129 e. The van der Waals surface area contributed by atoms with E-state index in [9.17, 15) is 0 Å². The summed E-state index contributed by atoms with van der Waals surface area (Å²) in [7, 11) is 2.01. The number of pyridine rings is 1. The summed E-state index contributed by atoms with van der Waals surface area (Å²) in [4.78, 5) is 6.79. The van der Waals surface area contributed by atoms with Crippen LogP contribution in [-0.2, 0) is 13.1 Å². The molecule has 3 aromatic rings. The molecule has 0 atom stereocenters. The third kappa shape index (κ3) is 2.76. The van der Waals surface area contributed by atoms with Gasteiger partial charge >= 0.3 is 0 Å². The highest BCUT2D eigenvalue weighted by Crippen LogP contribution is 2.23. The molecule has 0 aliphatic carbocycles. The summed E-state index contributed by atoms with van der Waals surface area (Å²) in [5.74, 6) is 2.76. The lowest BCUT2D eigenvalue weighted by atomic mass is 10.1. The van der Waals surface area contributed by atoms with E-state index < -0.39 is 0 Å². The highest BCUT2D eigenvalue weighted by molar-refractivity contribution is 5.84. The van der Waals surface area contributed by atoms with Crippen LogP contribution in [0.2, 0.25) is 0 Å². The molecule has 2 heterocycles. The Balaban J connectivity index is 1.95. The van der Waals surface area contributed by atoms with E-state index in [2.05, 4.69) is 17.0 Å². The number of hydrogen-bond acceptors (Lipinski definition) is 4. The van der Waals surface area contributed by atoms with Crippen LogP contribution in [0, 0.1) is 6.92 Å². The first-order valence-corrected chi connectivity index (χ1v) is 7.02. The Hall–Kier alpha value is -2.33. The van der Waals surface area contributed by atoms with Crippen molar-refractivity contribution < 1.29 is 4.42 Å². The lowest BCUT2D eigenvalue weighted by molar-refractivity contribution is 0.481. The second-order valence-corrected chi connectivity index (χ2v) is 5.23. The summed E-state index contributed by atoms with van der Waals surface area (Å²) in [5.41, 5.74) is 7.96. The molecule has 21 heavy (non-hydrogen) atoms. The lowest BCUT2D eigenvalue weighted by Gasteiger charge is -2.18. The minimum Gasteiger partial charge on any atom is -0.464 e. The molecule has 0 unspecified atom stereocenters.